The number of hydrogen-bond acceptors (Lipinski definition) is 5. The van der Waals surface area contributed by atoms with Crippen molar-refractivity contribution < 1.29 is 14.0 Å². The summed E-state index contributed by atoms with van der Waals surface area (Å²) in [6, 6.07) is 4.02. The van der Waals surface area contributed by atoms with Crippen molar-refractivity contribution in [2.75, 3.05) is 28.3 Å². The van der Waals surface area contributed by atoms with Gasteiger partial charge in [0.15, 0.2) is 0 Å². The summed E-state index contributed by atoms with van der Waals surface area (Å²) in [5, 5.41) is 3.96. The third kappa shape index (κ3) is 3.93. The van der Waals surface area contributed by atoms with Crippen molar-refractivity contribution in [2.24, 2.45) is 0 Å². The van der Waals surface area contributed by atoms with E-state index in [1.54, 1.807) is 14.2 Å². The predicted octanol–water partition coefficient (Wildman–Crippen LogP) is 3.54. The smallest absolute Gasteiger partial charge is 0.141 e. The Bertz CT molecular complexity index is 658. The maximum Gasteiger partial charge on any atom is 0.141 e. The zero-order valence-corrected chi connectivity index (χ0v) is 14.6. The normalized spacial score (nSPS) is 11.4. The zero-order chi connectivity index (χ0) is 17.0. The SMILES string of the molecule is COc1cc(/C=C/c2c(C)noc2C)cc(OC)c1CN(C)C. The zero-order valence-electron chi connectivity index (χ0n) is 14.6. The molecule has 2 aromatic rings. The van der Waals surface area contributed by atoms with E-state index in [1.165, 1.54) is 0 Å². The summed E-state index contributed by atoms with van der Waals surface area (Å²) in [6.45, 7) is 4.58. The second-order valence-corrected chi connectivity index (χ2v) is 5.71. The molecule has 0 aliphatic rings. The Labute approximate surface area is 137 Å². The molecule has 0 bridgehead atoms. The van der Waals surface area contributed by atoms with E-state index in [1.807, 2.05) is 52.2 Å². The van der Waals surface area contributed by atoms with Crippen molar-refractivity contribution in [1.29, 1.82) is 0 Å². The van der Waals surface area contributed by atoms with Gasteiger partial charge in [-0.1, -0.05) is 11.2 Å². The number of benzene rings is 1. The molecule has 1 aromatic heterocycles. The topological polar surface area (TPSA) is 47.7 Å². The molecule has 5 nitrogen and oxygen atoms in total. The van der Waals surface area contributed by atoms with Gasteiger partial charge in [0.2, 0.25) is 0 Å². The highest BCUT2D eigenvalue weighted by molar-refractivity contribution is 5.73. The number of nitrogens with zero attached hydrogens (tertiary/aromatic N) is 2. The minimum absolute atomic E-state index is 0.750. The molecule has 0 atom stereocenters. The van der Waals surface area contributed by atoms with Crippen LogP contribution in [0.5, 0.6) is 11.5 Å². The largest absolute Gasteiger partial charge is 0.496 e. The number of methoxy groups -OCH3 is 2. The molecule has 1 aromatic carbocycles. The van der Waals surface area contributed by atoms with Crippen LogP contribution in [0.15, 0.2) is 16.7 Å². The first-order valence-electron chi connectivity index (χ1n) is 7.46. The van der Waals surface area contributed by atoms with Crippen molar-refractivity contribution in [3.8, 4) is 11.5 Å². The predicted molar refractivity (Wildman–Crippen MR) is 91.8 cm³/mol. The molecule has 0 spiro atoms. The molecule has 1 heterocycles. The Balaban J connectivity index is 2.40. The van der Waals surface area contributed by atoms with Crippen molar-refractivity contribution in [1.82, 2.24) is 10.1 Å². The minimum atomic E-state index is 0.750. The first-order valence-corrected chi connectivity index (χ1v) is 7.46. The van der Waals surface area contributed by atoms with Crippen molar-refractivity contribution >= 4 is 12.2 Å². The van der Waals surface area contributed by atoms with Crippen LogP contribution in [-0.4, -0.2) is 38.4 Å². The third-order valence-corrected chi connectivity index (χ3v) is 3.64. The van der Waals surface area contributed by atoms with Gasteiger partial charge in [0.05, 0.1) is 25.5 Å². The number of aryl methyl sites for hydroxylation is 2. The summed E-state index contributed by atoms with van der Waals surface area (Å²) in [7, 11) is 7.39. The molecule has 0 N–H and O–H groups in total. The Morgan fingerprint density at radius 3 is 2.13 bits per heavy atom. The first kappa shape index (κ1) is 17.1. The third-order valence-electron chi connectivity index (χ3n) is 3.64. The molecule has 124 valence electrons. The van der Waals surface area contributed by atoms with Crippen LogP contribution >= 0.6 is 0 Å². The van der Waals surface area contributed by atoms with Crippen molar-refractivity contribution in [3.05, 3.63) is 40.3 Å². The maximum atomic E-state index is 5.54. The molecule has 0 amide bonds. The van der Waals surface area contributed by atoms with Gasteiger partial charge in [0.1, 0.15) is 17.3 Å². The number of aromatic nitrogens is 1. The van der Waals surface area contributed by atoms with E-state index in [2.05, 4.69) is 10.1 Å². The fourth-order valence-corrected chi connectivity index (χ4v) is 2.48. The lowest BCUT2D eigenvalue weighted by Crippen LogP contribution is -2.12. The Morgan fingerprint density at radius 1 is 1.09 bits per heavy atom. The highest BCUT2D eigenvalue weighted by Crippen LogP contribution is 2.32. The molecule has 0 aliphatic heterocycles. The second-order valence-electron chi connectivity index (χ2n) is 5.71. The van der Waals surface area contributed by atoms with Crippen LogP contribution in [0.4, 0.5) is 0 Å². The summed E-state index contributed by atoms with van der Waals surface area (Å²) in [4.78, 5) is 2.08. The van der Waals surface area contributed by atoms with Crippen LogP contribution in [0.3, 0.4) is 0 Å². The van der Waals surface area contributed by atoms with Crippen LogP contribution in [0, 0.1) is 13.8 Å². The van der Waals surface area contributed by atoms with Gasteiger partial charge in [-0.05, 0) is 51.7 Å². The Morgan fingerprint density at radius 2 is 1.70 bits per heavy atom. The fraction of sp³-hybridized carbons (Fsp3) is 0.389. The van der Waals surface area contributed by atoms with Crippen LogP contribution in [0.1, 0.15) is 28.1 Å². The van der Waals surface area contributed by atoms with Gasteiger partial charge in [-0.3, -0.25) is 0 Å². The fourth-order valence-electron chi connectivity index (χ4n) is 2.48. The summed E-state index contributed by atoms with van der Waals surface area (Å²) in [5.74, 6) is 2.44. The molecule has 0 radical (unpaired) electrons. The summed E-state index contributed by atoms with van der Waals surface area (Å²) < 4.78 is 16.3. The monoisotopic (exact) mass is 316 g/mol. The number of ether oxygens (including phenoxy) is 2. The average Bonchev–Trinajstić information content (AvgIpc) is 2.84. The van der Waals surface area contributed by atoms with Crippen LogP contribution in [-0.2, 0) is 6.54 Å². The summed E-state index contributed by atoms with van der Waals surface area (Å²) in [6.07, 6.45) is 4.01. The molecular formula is C18H24N2O3. The Kier molecular flexibility index (Phi) is 5.45. The lowest BCUT2D eigenvalue weighted by atomic mass is 10.1. The molecule has 23 heavy (non-hydrogen) atoms. The molecule has 0 fully saturated rings. The molecule has 0 saturated heterocycles. The highest BCUT2D eigenvalue weighted by atomic mass is 16.5. The van der Waals surface area contributed by atoms with Crippen molar-refractivity contribution in [2.45, 2.75) is 20.4 Å². The van der Waals surface area contributed by atoms with Gasteiger partial charge in [-0.2, -0.15) is 0 Å². The van der Waals surface area contributed by atoms with Crippen LogP contribution in [0.2, 0.25) is 0 Å². The van der Waals surface area contributed by atoms with Gasteiger partial charge in [-0.15, -0.1) is 0 Å². The standard InChI is InChI=1S/C18H24N2O3/c1-12-15(13(2)23-19-12)8-7-14-9-17(21-5)16(11-20(3)4)18(10-14)22-6/h7-10H,11H2,1-6H3/b8-7+. The van der Waals surface area contributed by atoms with E-state index in [0.29, 0.717) is 0 Å². The summed E-state index contributed by atoms with van der Waals surface area (Å²) >= 11 is 0. The van der Waals surface area contributed by atoms with Gasteiger partial charge in [0, 0.05) is 12.1 Å². The van der Waals surface area contributed by atoms with Gasteiger partial charge in [-0.25, -0.2) is 0 Å². The van der Waals surface area contributed by atoms with Gasteiger partial charge < -0.3 is 18.9 Å². The van der Waals surface area contributed by atoms with Crippen LogP contribution in [0.25, 0.3) is 12.2 Å². The quantitative estimate of drug-likeness (QED) is 0.816. The van der Waals surface area contributed by atoms with Gasteiger partial charge in [0.25, 0.3) is 0 Å². The van der Waals surface area contributed by atoms with E-state index in [-0.39, 0.29) is 0 Å². The van der Waals surface area contributed by atoms with Crippen LogP contribution < -0.4 is 9.47 Å². The van der Waals surface area contributed by atoms with E-state index in [0.717, 1.165) is 46.2 Å². The average molecular weight is 316 g/mol. The van der Waals surface area contributed by atoms with E-state index < -0.39 is 0 Å². The number of rotatable bonds is 6. The van der Waals surface area contributed by atoms with E-state index in [9.17, 15) is 0 Å². The highest BCUT2D eigenvalue weighted by Gasteiger charge is 2.13. The van der Waals surface area contributed by atoms with Gasteiger partial charge >= 0.3 is 0 Å². The van der Waals surface area contributed by atoms with Crippen molar-refractivity contribution in [3.63, 3.8) is 0 Å². The van der Waals surface area contributed by atoms with E-state index in [4.69, 9.17) is 14.0 Å². The molecule has 5 heteroatoms. The molecule has 2 rings (SSSR count). The maximum absolute atomic E-state index is 5.54. The lowest BCUT2D eigenvalue weighted by molar-refractivity contribution is 0.348. The molecule has 0 saturated carbocycles. The minimum Gasteiger partial charge on any atom is -0.496 e. The molecule has 0 unspecified atom stereocenters. The summed E-state index contributed by atoms with van der Waals surface area (Å²) in [5.41, 5.74) is 3.91. The first-order chi connectivity index (χ1) is 11.0. The lowest BCUT2D eigenvalue weighted by Gasteiger charge is -2.17. The molecular weight excluding hydrogens is 292 g/mol. The number of hydrogen-bond donors (Lipinski definition) is 0. The molecule has 0 aliphatic carbocycles. The second kappa shape index (κ2) is 7.33. The van der Waals surface area contributed by atoms with E-state index >= 15 is 0 Å². The Hall–Kier alpha value is -2.27.